The topological polar surface area (TPSA) is 69.6 Å². The van der Waals surface area contributed by atoms with Crippen LogP contribution in [0.1, 0.15) is 32.1 Å². The number of nitrogens with zero attached hydrogens (tertiary/aromatic N) is 1. The van der Waals surface area contributed by atoms with E-state index in [2.05, 4.69) is 5.32 Å². The molecule has 2 N–H and O–H groups in total. The smallest absolute Gasteiger partial charge is 0.317 e. The monoisotopic (exact) mass is 226 g/mol. The van der Waals surface area contributed by atoms with Gasteiger partial charge in [-0.15, -0.1) is 0 Å². The first kappa shape index (κ1) is 11.2. The maximum absolute atomic E-state index is 11.8. The summed E-state index contributed by atoms with van der Waals surface area (Å²) in [6.07, 6.45) is 4.24. The Hall–Kier alpha value is -1.26. The molecule has 1 atom stereocenters. The zero-order chi connectivity index (χ0) is 11.5. The number of amides is 2. The Balaban J connectivity index is 1.84. The molecule has 5 heteroatoms. The van der Waals surface area contributed by atoms with Gasteiger partial charge < -0.3 is 15.3 Å². The molecule has 2 aliphatic rings. The Kier molecular flexibility index (Phi) is 3.31. The number of urea groups is 1. The minimum Gasteiger partial charge on any atom is -0.481 e. The lowest BCUT2D eigenvalue weighted by Gasteiger charge is -2.21. The lowest BCUT2D eigenvalue weighted by Crippen LogP contribution is -2.45. The van der Waals surface area contributed by atoms with E-state index in [1.807, 2.05) is 0 Å². The van der Waals surface area contributed by atoms with E-state index in [0.717, 1.165) is 38.8 Å². The molecule has 2 fully saturated rings. The highest BCUT2D eigenvalue weighted by molar-refractivity contribution is 5.76. The van der Waals surface area contributed by atoms with Crippen LogP contribution in [0.15, 0.2) is 0 Å². The number of carboxylic acid groups (broad SMARTS) is 1. The third kappa shape index (κ3) is 2.87. The molecule has 1 aliphatic carbocycles. The summed E-state index contributed by atoms with van der Waals surface area (Å²) < 4.78 is 0. The molecule has 5 nitrogen and oxygen atoms in total. The second kappa shape index (κ2) is 4.72. The summed E-state index contributed by atoms with van der Waals surface area (Å²) >= 11 is 0. The van der Waals surface area contributed by atoms with Crippen LogP contribution in [-0.2, 0) is 4.79 Å². The molecule has 1 saturated carbocycles. The van der Waals surface area contributed by atoms with Gasteiger partial charge in [-0.3, -0.25) is 4.79 Å². The molecule has 2 rings (SSSR count). The predicted octanol–water partition coefficient (Wildman–Crippen LogP) is 1.05. The van der Waals surface area contributed by atoms with Gasteiger partial charge in [0, 0.05) is 19.1 Å². The second-order valence-electron chi connectivity index (χ2n) is 4.69. The Labute approximate surface area is 94.8 Å². The third-order valence-electron chi connectivity index (χ3n) is 3.29. The quantitative estimate of drug-likeness (QED) is 0.752. The van der Waals surface area contributed by atoms with Crippen molar-refractivity contribution in [2.45, 2.75) is 38.1 Å². The minimum absolute atomic E-state index is 0.0459. The summed E-state index contributed by atoms with van der Waals surface area (Å²) in [7, 11) is 0. The van der Waals surface area contributed by atoms with Gasteiger partial charge in [0.1, 0.15) is 0 Å². The van der Waals surface area contributed by atoms with Gasteiger partial charge in [0.05, 0.1) is 6.42 Å². The number of aliphatic carboxylic acids is 1. The van der Waals surface area contributed by atoms with Gasteiger partial charge in [0.2, 0.25) is 0 Å². The molecule has 1 heterocycles. The molecular weight excluding hydrogens is 208 g/mol. The highest BCUT2D eigenvalue weighted by Gasteiger charge is 2.34. The van der Waals surface area contributed by atoms with Gasteiger partial charge in [-0.1, -0.05) is 0 Å². The van der Waals surface area contributed by atoms with Gasteiger partial charge in [-0.05, 0) is 31.6 Å². The van der Waals surface area contributed by atoms with E-state index in [4.69, 9.17) is 5.11 Å². The zero-order valence-electron chi connectivity index (χ0n) is 9.32. The normalized spacial score (nSPS) is 21.9. The summed E-state index contributed by atoms with van der Waals surface area (Å²) in [6, 6.07) is -0.263. The first-order valence-electron chi connectivity index (χ1n) is 5.94. The maximum Gasteiger partial charge on any atom is 0.317 e. The van der Waals surface area contributed by atoms with Gasteiger partial charge in [-0.2, -0.15) is 0 Å². The van der Waals surface area contributed by atoms with E-state index in [0.29, 0.717) is 5.92 Å². The summed E-state index contributed by atoms with van der Waals surface area (Å²) in [4.78, 5) is 24.2. The minimum atomic E-state index is -0.835. The van der Waals surface area contributed by atoms with Crippen LogP contribution in [0.25, 0.3) is 0 Å². The van der Waals surface area contributed by atoms with Gasteiger partial charge in [0.15, 0.2) is 0 Å². The van der Waals surface area contributed by atoms with E-state index in [1.54, 1.807) is 4.90 Å². The van der Waals surface area contributed by atoms with E-state index in [-0.39, 0.29) is 18.5 Å². The van der Waals surface area contributed by atoms with E-state index < -0.39 is 5.97 Å². The second-order valence-corrected chi connectivity index (χ2v) is 4.69. The molecule has 16 heavy (non-hydrogen) atoms. The highest BCUT2D eigenvalue weighted by atomic mass is 16.4. The largest absolute Gasteiger partial charge is 0.481 e. The van der Waals surface area contributed by atoms with Crippen molar-refractivity contribution in [1.29, 1.82) is 0 Å². The molecule has 0 aromatic heterocycles. The average Bonchev–Trinajstić information content (AvgIpc) is 2.91. The van der Waals surface area contributed by atoms with Crippen LogP contribution in [-0.4, -0.2) is 41.1 Å². The molecule has 90 valence electrons. The Morgan fingerprint density at radius 1 is 1.31 bits per heavy atom. The van der Waals surface area contributed by atoms with Crippen molar-refractivity contribution in [1.82, 2.24) is 10.2 Å². The molecular formula is C11H18N2O3. The molecule has 0 bridgehead atoms. The van der Waals surface area contributed by atoms with Crippen LogP contribution in [0.3, 0.4) is 0 Å². The fourth-order valence-electron chi connectivity index (χ4n) is 2.19. The third-order valence-corrected chi connectivity index (χ3v) is 3.29. The number of carbonyl (C=O) groups excluding carboxylic acids is 1. The fraction of sp³-hybridized carbons (Fsp3) is 0.818. The van der Waals surface area contributed by atoms with Gasteiger partial charge >= 0.3 is 12.0 Å². The van der Waals surface area contributed by atoms with Crippen molar-refractivity contribution in [3.8, 4) is 0 Å². The number of hydrogen-bond acceptors (Lipinski definition) is 2. The van der Waals surface area contributed by atoms with E-state index in [9.17, 15) is 9.59 Å². The first-order valence-corrected chi connectivity index (χ1v) is 5.94. The summed E-state index contributed by atoms with van der Waals surface area (Å²) in [5.74, 6) is -0.457. The molecule has 0 aromatic carbocycles. The lowest BCUT2D eigenvalue weighted by atomic mass is 10.1. The molecule has 2 amide bonds. The van der Waals surface area contributed by atoms with Crippen LogP contribution in [0.4, 0.5) is 4.79 Å². The van der Waals surface area contributed by atoms with Crippen LogP contribution in [0.2, 0.25) is 0 Å². The van der Waals surface area contributed by atoms with Gasteiger partial charge in [0.25, 0.3) is 0 Å². The molecule has 1 saturated heterocycles. The maximum atomic E-state index is 11.8. The predicted molar refractivity (Wildman–Crippen MR) is 58.1 cm³/mol. The van der Waals surface area contributed by atoms with Crippen molar-refractivity contribution in [2.24, 2.45) is 5.92 Å². The van der Waals surface area contributed by atoms with E-state index >= 15 is 0 Å². The molecule has 0 spiro atoms. The van der Waals surface area contributed by atoms with Crippen molar-refractivity contribution in [3.05, 3.63) is 0 Å². The Morgan fingerprint density at radius 3 is 2.44 bits per heavy atom. The Bertz CT molecular complexity index is 283. The fourth-order valence-corrected chi connectivity index (χ4v) is 2.19. The number of rotatable bonds is 4. The lowest BCUT2D eigenvalue weighted by molar-refractivity contribution is -0.137. The highest BCUT2D eigenvalue weighted by Crippen LogP contribution is 2.34. The van der Waals surface area contributed by atoms with Crippen molar-refractivity contribution in [2.75, 3.05) is 13.1 Å². The number of nitrogens with one attached hydrogen (secondary N) is 1. The zero-order valence-corrected chi connectivity index (χ0v) is 9.32. The molecule has 1 unspecified atom stereocenters. The molecule has 0 aromatic rings. The Morgan fingerprint density at radius 2 is 1.94 bits per heavy atom. The number of likely N-dealkylation sites (tertiary alicyclic amines) is 1. The number of hydrogen-bond donors (Lipinski definition) is 2. The standard InChI is InChI=1S/C11H18N2O3/c14-10(15)7-9(8-3-4-8)12-11(16)13-5-1-2-6-13/h8-9H,1-7H2,(H,12,16)(H,14,15). The van der Waals surface area contributed by atoms with Gasteiger partial charge in [-0.25, -0.2) is 4.79 Å². The van der Waals surface area contributed by atoms with Crippen molar-refractivity contribution in [3.63, 3.8) is 0 Å². The number of carbonyl (C=O) groups is 2. The molecule has 0 radical (unpaired) electrons. The van der Waals surface area contributed by atoms with Crippen LogP contribution in [0, 0.1) is 5.92 Å². The average molecular weight is 226 g/mol. The van der Waals surface area contributed by atoms with Crippen LogP contribution < -0.4 is 5.32 Å². The van der Waals surface area contributed by atoms with Crippen molar-refractivity contribution >= 4 is 12.0 Å². The summed E-state index contributed by atoms with van der Waals surface area (Å²) in [5.41, 5.74) is 0. The van der Waals surface area contributed by atoms with Crippen molar-refractivity contribution < 1.29 is 14.7 Å². The summed E-state index contributed by atoms with van der Waals surface area (Å²) in [6.45, 7) is 1.60. The number of carboxylic acids is 1. The summed E-state index contributed by atoms with van der Waals surface area (Å²) in [5, 5.41) is 11.6. The van der Waals surface area contributed by atoms with Crippen LogP contribution >= 0.6 is 0 Å². The molecule has 1 aliphatic heterocycles. The van der Waals surface area contributed by atoms with E-state index in [1.165, 1.54) is 0 Å². The first-order chi connectivity index (χ1) is 7.66. The van der Waals surface area contributed by atoms with Crippen LogP contribution in [0.5, 0.6) is 0 Å². The SMILES string of the molecule is O=C(O)CC(NC(=O)N1CCCC1)C1CC1.